The van der Waals surface area contributed by atoms with Gasteiger partial charge in [0.25, 0.3) is 0 Å². The molecule has 0 radical (unpaired) electrons. The van der Waals surface area contributed by atoms with Crippen LogP contribution in [-0.2, 0) is 0 Å². The van der Waals surface area contributed by atoms with Crippen molar-refractivity contribution in [3.05, 3.63) is 78.2 Å². The summed E-state index contributed by atoms with van der Waals surface area (Å²) < 4.78 is 5.90. The van der Waals surface area contributed by atoms with E-state index in [1.807, 2.05) is 72.8 Å². The van der Waals surface area contributed by atoms with Gasteiger partial charge in [0, 0.05) is 6.07 Å². The Bertz CT molecular complexity index is 942. The minimum absolute atomic E-state index is 0.742. The lowest BCUT2D eigenvalue weighted by atomic mass is 10.2. The second kappa shape index (κ2) is 4.87. The second-order valence-electron chi connectivity index (χ2n) is 4.78. The quantitative estimate of drug-likeness (QED) is 0.488. The normalized spacial score (nSPS) is 12.1. The highest BCUT2D eigenvalue weighted by molar-refractivity contribution is 5.75. The van der Waals surface area contributed by atoms with Gasteiger partial charge >= 0.3 is 0 Å². The molecule has 4 rings (SSSR count). The maximum absolute atomic E-state index is 5.90. The third-order valence-corrected chi connectivity index (χ3v) is 3.28. The number of para-hydroxylation sites is 3. The van der Waals surface area contributed by atoms with E-state index in [1.165, 1.54) is 0 Å². The molecule has 1 heterocycles. The molecule has 2 aromatic carbocycles. The molecule has 1 aliphatic carbocycles. The summed E-state index contributed by atoms with van der Waals surface area (Å²) in [6.07, 6.45) is 0. The maximum atomic E-state index is 5.90. The SMILES string of the molecule is c1ccc(/N=c2/ccc3nc4ccccc4oc-3c2)cc1. The molecule has 0 saturated heterocycles. The molecule has 0 atom stereocenters. The van der Waals surface area contributed by atoms with Gasteiger partial charge in [-0.3, -0.25) is 0 Å². The van der Waals surface area contributed by atoms with Gasteiger partial charge in [0.15, 0.2) is 11.3 Å². The molecule has 0 bridgehead atoms. The summed E-state index contributed by atoms with van der Waals surface area (Å²) in [5.41, 5.74) is 3.39. The molecule has 100 valence electrons. The molecule has 0 unspecified atom stereocenters. The fourth-order valence-corrected chi connectivity index (χ4v) is 2.28. The first-order chi connectivity index (χ1) is 10.4. The van der Waals surface area contributed by atoms with Gasteiger partial charge in [0.05, 0.1) is 11.0 Å². The topological polar surface area (TPSA) is 38.4 Å². The number of nitrogens with zero attached hydrogens (tertiary/aromatic N) is 2. The Hall–Kier alpha value is -2.94. The van der Waals surface area contributed by atoms with Gasteiger partial charge in [-0.15, -0.1) is 0 Å². The van der Waals surface area contributed by atoms with Crippen LogP contribution in [0.3, 0.4) is 0 Å². The number of rotatable bonds is 1. The standard InChI is InChI=1S/C18H12N2O/c1-2-6-13(7-3-1)19-14-10-11-16-18(12-14)21-17-9-5-4-8-15(17)20-16/h1-12H/b19-14-. The van der Waals surface area contributed by atoms with Crippen molar-refractivity contribution in [2.75, 3.05) is 0 Å². The van der Waals surface area contributed by atoms with Gasteiger partial charge < -0.3 is 4.42 Å². The molecular formula is C18H12N2O. The van der Waals surface area contributed by atoms with Crippen molar-refractivity contribution in [3.8, 4) is 11.5 Å². The molecule has 1 aliphatic heterocycles. The van der Waals surface area contributed by atoms with E-state index in [0.29, 0.717) is 0 Å². The maximum Gasteiger partial charge on any atom is 0.155 e. The Balaban J connectivity index is 1.92. The lowest BCUT2D eigenvalue weighted by molar-refractivity contribution is 0.612. The molecule has 0 spiro atoms. The van der Waals surface area contributed by atoms with Crippen LogP contribution >= 0.6 is 0 Å². The van der Waals surface area contributed by atoms with E-state index >= 15 is 0 Å². The monoisotopic (exact) mass is 272 g/mol. The van der Waals surface area contributed by atoms with Crippen LogP contribution < -0.4 is 5.36 Å². The molecule has 0 amide bonds. The molecule has 0 aromatic heterocycles. The Labute approximate surface area is 121 Å². The average molecular weight is 272 g/mol. The first kappa shape index (κ1) is 11.9. The van der Waals surface area contributed by atoms with E-state index in [2.05, 4.69) is 9.98 Å². The summed E-state index contributed by atoms with van der Waals surface area (Å²) in [5, 5.41) is 0.856. The molecule has 3 nitrogen and oxygen atoms in total. The lowest BCUT2D eigenvalue weighted by Gasteiger charge is -2.05. The molecule has 0 fully saturated rings. The average Bonchev–Trinajstić information content (AvgIpc) is 2.54. The summed E-state index contributed by atoms with van der Waals surface area (Å²) in [7, 11) is 0. The van der Waals surface area contributed by atoms with Crippen LogP contribution in [0.1, 0.15) is 0 Å². The first-order valence-electron chi connectivity index (χ1n) is 6.78. The summed E-state index contributed by atoms with van der Waals surface area (Å²) >= 11 is 0. The van der Waals surface area contributed by atoms with Gasteiger partial charge in [-0.2, -0.15) is 0 Å². The minimum atomic E-state index is 0.742. The van der Waals surface area contributed by atoms with Crippen molar-refractivity contribution in [1.29, 1.82) is 0 Å². The van der Waals surface area contributed by atoms with E-state index in [1.54, 1.807) is 0 Å². The predicted octanol–water partition coefficient (Wildman–Crippen LogP) is 4.17. The zero-order chi connectivity index (χ0) is 14.1. The van der Waals surface area contributed by atoms with Crippen molar-refractivity contribution < 1.29 is 4.42 Å². The van der Waals surface area contributed by atoms with Crippen molar-refractivity contribution in [3.63, 3.8) is 0 Å². The Morgan fingerprint density at radius 1 is 0.810 bits per heavy atom. The summed E-state index contributed by atoms with van der Waals surface area (Å²) in [5.74, 6) is 0.742. The smallest absolute Gasteiger partial charge is 0.155 e. The summed E-state index contributed by atoms with van der Waals surface area (Å²) in [6.45, 7) is 0. The van der Waals surface area contributed by atoms with E-state index in [4.69, 9.17) is 4.42 Å². The van der Waals surface area contributed by atoms with Gasteiger partial charge in [-0.1, -0.05) is 30.3 Å². The molecular weight excluding hydrogens is 260 g/mol. The van der Waals surface area contributed by atoms with E-state index in [9.17, 15) is 0 Å². The van der Waals surface area contributed by atoms with Crippen LogP contribution in [0.25, 0.3) is 22.6 Å². The van der Waals surface area contributed by atoms with E-state index in [0.717, 1.165) is 33.6 Å². The second-order valence-corrected chi connectivity index (χ2v) is 4.78. The number of benzene rings is 3. The van der Waals surface area contributed by atoms with E-state index in [-0.39, 0.29) is 0 Å². The third kappa shape index (κ3) is 2.30. The van der Waals surface area contributed by atoms with Crippen molar-refractivity contribution in [2.45, 2.75) is 0 Å². The molecule has 2 aliphatic rings. The van der Waals surface area contributed by atoms with Crippen LogP contribution in [0.4, 0.5) is 5.69 Å². The van der Waals surface area contributed by atoms with Crippen LogP contribution in [-0.4, -0.2) is 4.98 Å². The highest BCUT2D eigenvalue weighted by Crippen LogP contribution is 2.23. The van der Waals surface area contributed by atoms with Crippen LogP contribution in [0, 0.1) is 0 Å². The highest BCUT2D eigenvalue weighted by Gasteiger charge is 2.07. The van der Waals surface area contributed by atoms with Crippen molar-refractivity contribution in [1.82, 2.24) is 4.98 Å². The Morgan fingerprint density at radius 2 is 1.62 bits per heavy atom. The van der Waals surface area contributed by atoms with Crippen LogP contribution in [0.15, 0.2) is 82.2 Å². The number of fused-ring (bicyclic) bond motifs is 2. The summed E-state index contributed by atoms with van der Waals surface area (Å²) in [6, 6.07) is 23.4. The number of aromatic nitrogens is 1. The Morgan fingerprint density at radius 3 is 2.52 bits per heavy atom. The minimum Gasteiger partial charge on any atom is -0.453 e. The summed E-state index contributed by atoms with van der Waals surface area (Å²) in [4.78, 5) is 9.17. The molecule has 2 aromatic rings. The fourth-order valence-electron chi connectivity index (χ4n) is 2.28. The van der Waals surface area contributed by atoms with E-state index < -0.39 is 0 Å². The van der Waals surface area contributed by atoms with Gasteiger partial charge in [0.1, 0.15) is 11.2 Å². The largest absolute Gasteiger partial charge is 0.453 e. The zero-order valence-corrected chi connectivity index (χ0v) is 11.2. The third-order valence-electron chi connectivity index (χ3n) is 3.28. The highest BCUT2D eigenvalue weighted by atomic mass is 16.3. The van der Waals surface area contributed by atoms with Gasteiger partial charge in [-0.05, 0) is 36.4 Å². The molecule has 3 heteroatoms. The van der Waals surface area contributed by atoms with Gasteiger partial charge in [0.2, 0.25) is 0 Å². The van der Waals surface area contributed by atoms with Crippen molar-refractivity contribution in [2.24, 2.45) is 4.99 Å². The number of hydrogen-bond acceptors (Lipinski definition) is 3. The fraction of sp³-hybridized carbons (Fsp3) is 0. The molecule has 0 N–H and O–H groups in total. The van der Waals surface area contributed by atoms with Crippen LogP contribution in [0.5, 0.6) is 0 Å². The first-order valence-corrected chi connectivity index (χ1v) is 6.78. The van der Waals surface area contributed by atoms with Gasteiger partial charge in [-0.25, -0.2) is 9.98 Å². The molecule has 21 heavy (non-hydrogen) atoms. The zero-order valence-electron chi connectivity index (χ0n) is 11.2. The van der Waals surface area contributed by atoms with Crippen LogP contribution in [0.2, 0.25) is 0 Å². The van der Waals surface area contributed by atoms with Crippen molar-refractivity contribution >= 4 is 16.8 Å². The predicted molar refractivity (Wildman–Crippen MR) is 82.3 cm³/mol. The molecule has 0 saturated carbocycles. The Kier molecular flexibility index (Phi) is 2.75. The lowest BCUT2D eigenvalue weighted by Crippen LogP contribution is -2.01. The number of hydrogen-bond donors (Lipinski definition) is 0.